The molecule has 0 aliphatic heterocycles. The molecule has 52 valence electrons. The molecule has 0 aromatic rings. The Morgan fingerprint density at radius 2 is 2.22 bits per heavy atom. The SMILES string of the molecule is C=C1CC(C)CC(N)C1. The van der Waals surface area contributed by atoms with Crippen molar-refractivity contribution < 1.29 is 0 Å². The molecule has 2 atom stereocenters. The van der Waals surface area contributed by atoms with Crippen molar-refractivity contribution in [1.29, 1.82) is 0 Å². The Morgan fingerprint density at radius 1 is 1.56 bits per heavy atom. The Labute approximate surface area is 56.9 Å². The van der Waals surface area contributed by atoms with Gasteiger partial charge in [0, 0.05) is 6.04 Å². The molecule has 1 rings (SSSR count). The van der Waals surface area contributed by atoms with Crippen molar-refractivity contribution in [3.05, 3.63) is 12.2 Å². The van der Waals surface area contributed by atoms with E-state index in [-0.39, 0.29) is 0 Å². The van der Waals surface area contributed by atoms with Crippen molar-refractivity contribution in [2.24, 2.45) is 11.7 Å². The second-order valence-electron chi connectivity index (χ2n) is 3.26. The predicted molar refractivity (Wildman–Crippen MR) is 40.1 cm³/mol. The summed E-state index contributed by atoms with van der Waals surface area (Å²) in [6, 6.07) is 0.390. The molecule has 0 spiro atoms. The van der Waals surface area contributed by atoms with Gasteiger partial charge in [0.2, 0.25) is 0 Å². The number of hydrogen-bond acceptors (Lipinski definition) is 1. The maximum atomic E-state index is 5.75. The van der Waals surface area contributed by atoms with E-state index in [4.69, 9.17) is 5.73 Å². The second-order valence-corrected chi connectivity index (χ2v) is 3.26. The zero-order valence-electron chi connectivity index (χ0n) is 6.06. The van der Waals surface area contributed by atoms with Crippen molar-refractivity contribution in [1.82, 2.24) is 0 Å². The summed E-state index contributed by atoms with van der Waals surface area (Å²) in [5.74, 6) is 0.765. The standard InChI is InChI=1S/C8H15N/c1-6-3-7(2)5-8(9)4-6/h7-8H,1,3-5,9H2,2H3. The topological polar surface area (TPSA) is 26.0 Å². The molecule has 1 fully saturated rings. The van der Waals surface area contributed by atoms with E-state index in [0.717, 1.165) is 12.3 Å². The molecule has 2 N–H and O–H groups in total. The Morgan fingerprint density at radius 3 is 2.67 bits per heavy atom. The molecule has 0 heterocycles. The van der Waals surface area contributed by atoms with Gasteiger partial charge in [-0.2, -0.15) is 0 Å². The minimum absolute atomic E-state index is 0.390. The summed E-state index contributed by atoms with van der Waals surface area (Å²) >= 11 is 0. The lowest BCUT2D eigenvalue weighted by atomic mass is 9.85. The zero-order chi connectivity index (χ0) is 6.85. The predicted octanol–water partition coefficient (Wildman–Crippen LogP) is 1.69. The maximum absolute atomic E-state index is 5.75. The van der Waals surface area contributed by atoms with Crippen LogP contribution in [-0.2, 0) is 0 Å². The fraction of sp³-hybridized carbons (Fsp3) is 0.750. The van der Waals surface area contributed by atoms with Crippen LogP contribution in [-0.4, -0.2) is 6.04 Å². The molecule has 0 radical (unpaired) electrons. The molecule has 9 heavy (non-hydrogen) atoms. The highest BCUT2D eigenvalue weighted by Crippen LogP contribution is 2.25. The molecule has 2 unspecified atom stereocenters. The van der Waals surface area contributed by atoms with Gasteiger partial charge in [0.25, 0.3) is 0 Å². The zero-order valence-corrected chi connectivity index (χ0v) is 6.06. The number of rotatable bonds is 0. The average Bonchev–Trinajstić information content (AvgIpc) is 1.59. The van der Waals surface area contributed by atoms with E-state index in [2.05, 4.69) is 13.5 Å². The van der Waals surface area contributed by atoms with E-state index in [9.17, 15) is 0 Å². The Hall–Kier alpha value is -0.300. The van der Waals surface area contributed by atoms with Crippen molar-refractivity contribution in [3.8, 4) is 0 Å². The van der Waals surface area contributed by atoms with Gasteiger partial charge in [0.05, 0.1) is 0 Å². The van der Waals surface area contributed by atoms with Crippen LogP contribution in [0.3, 0.4) is 0 Å². The van der Waals surface area contributed by atoms with E-state index in [1.807, 2.05) is 0 Å². The Balaban J connectivity index is 2.43. The van der Waals surface area contributed by atoms with Crippen LogP contribution in [0, 0.1) is 5.92 Å². The maximum Gasteiger partial charge on any atom is 0.00786 e. The van der Waals surface area contributed by atoms with E-state index < -0.39 is 0 Å². The first-order valence-electron chi connectivity index (χ1n) is 3.60. The van der Waals surface area contributed by atoms with Crippen LogP contribution in [0.15, 0.2) is 12.2 Å². The third-order valence-corrected chi connectivity index (χ3v) is 1.89. The van der Waals surface area contributed by atoms with Gasteiger partial charge in [-0.05, 0) is 25.2 Å². The van der Waals surface area contributed by atoms with Gasteiger partial charge in [0.15, 0.2) is 0 Å². The van der Waals surface area contributed by atoms with Crippen molar-refractivity contribution in [2.45, 2.75) is 32.2 Å². The first-order valence-corrected chi connectivity index (χ1v) is 3.60. The average molecular weight is 125 g/mol. The van der Waals surface area contributed by atoms with Gasteiger partial charge < -0.3 is 5.73 Å². The summed E-state index contributed by atoms with van der Waals surface area (Å²) in [4.78, 5) is 0. The summed E-state index contributed by atoms with van der Waals surface area (Å²) in [5.41, 5.74) is 7.09. The molecule has 1 aliphatic rings. The van der Waals surface area contributed by atoms with Gasteiger partial charge in [-0.25, -0.2) is 0 Å². The first-order chi connectivity index (χ1) is 4.18. The largest absolute Gasteiger partial charge is 0.327 e. The monoisotopic (exact) mass is 125 g/mol. The minimum Gasteiger partial charge on any atom is -0.327 e. The van der Waals surface area contributed by atoms with Crippen molar-refractivity contribution >= 4 is 0 Å². The molecular weight excluding hydrogens is 110 g/mol. The number of hydrogen-bond donors (Lipinski definition) is 1. The van der Waals surface area contributed by atoms with Crippen LogP contribution >= 0.6 is 0 Å². The van der Waals surface area contributed by atoms with Gasteiger partial charge in [0.1, 0.15) is 0 Å². The van der Waals surface area contributed by atoms with Crippen LogP contribution in [0.2, 0.25) is 0 Å². The molecule has 0 bridgehead atoms. The number of nitrogens with two attached hydrogens (primary N) is 1. The van der Waals surface area contributed by atoms with Gasteiger partial charge in [-0.3, -0.25) is 0 Å². The van der Waals surface area contributed by atoms with E-state index in [0.29, 0.717) is 6.04 Å². The van der Waals surface area contributed by atoms with Crippen LogP contribution in [0.4, 0.5) is 0 Å². The van der Waals surface area contributed by atoms with Gasteiger partial charge >= 0.3 is 0 Å². The lowest BCUT2D eigenvalue weighted by molar-refractivity contribution is 0.406. The minimum atomic E-state index is 0.390. The molecule has 1 nitrogen and oxygen atoms in total. The molecule has 1 saturated carbocycles. The lowest BCUT2D eigenvalue weighted by Crippen LogP contribution is -2.27. The second kappa shape index (κ2) is 2.53. The van der Waals surface area contributed by atoms with Crippen molar-refractivity contribution in [3.63, 3.8) is 0 Å². The highest BCUT2D eigenvalue weighted by molar-refractivity contribution is 5.02. The molecule has 0 saturated heterocycles. The highest BCUT2D eigenvalue weighted by atomic mass is 14.6. The van der Waals surface area contributed by atoms with Crippen LogP contribution < -0.4 is 5.73 Å². The summed E-state index contributed by atoms with van der Waals surface area (Å²) in [5, 5.41) is 0. The van der Waals surface area contributed by atoms with Gasteiger partial charge in [-0.1, -0.05) is 19.1 Å². The third-order valence-electron chi connectivity index (χ3n) is 1.89. The summed E-state index contributed by atoms with van der Waals surface area (Å²) in [7, 11) is 0. The highest BCUT2D eigenvalue weighted by Gasteiger charge is 2.17. The quantitative estimate of drug-likeness (QED) is 0.490. The normalized spacial score (nSPS) is 36.9. The summed E-state index contributed by atoms with van der Waals surface area (Å²) < 4.78 is 0. The lowest BCUT2D eigenvalue weighted by Gasteiger charge is -2.25. The van der Waals surface area contributed by atoms with Crippen LogP contribution in [0.1, 0.15) is 26.2 Å². The van der Waals surface area contributed by atoms with Crippen LogP contribution in [0.25, 0.3) is 0 Å². The molecule has 1 heteroatoms. The van der Waals surface area contributed by atoms with E-state index >= 15 is 0 Å². The van der Waals surface area contributed by atoms with Crippen molar-refractivity contribution in [2.75, 3.05) is 0 Å². The molecular formula is C8H15N. The summed E-state index contributed by atoms with van der Waals surface area (Å²) in [6.45, 7) is 6.18. The fourth-order valence-corrected chi connectivity index (χ4v) is 1.63. The fourth-order valence-electron chi connectivity index (χ4n) is 1.63. The first kappa shape index (κ1) is 6.81. The van der Waals surface area contributed by atoms with Crippen LogP contribution in [0.5, 0.6) is 0 Å². The molecule has 0 amide bonds. The molecule has 1 aliphatic carbocycles. The Bertz CT molecular complexity index is 106. The molecule has 0 aromatic heterocycles. The smallest absolute Gasteiger partial charge is 0.00786 e. The van der Waals surface area contributed by atoms with Gasteiger partial charge in [-0.15, -0.1) is 0 Å². The summed E-state index contributed by atoms with van der Waals surface area (Å²) in [6.07, 6.45) is 3.41. The molecule has 0 aromatic carbocycles. The third kappa shape index (κ3) is 1.83. The van der Waals surface area contributed by atoms with E-state index in [1.54, 1.807) is 0 Å². The Kier molecular flexibility index (Phi) is 1.91. The van der Waals surface area contributed by atoms with E-state index in [1.165, 1.54) is 18.4 Å².